The molecule has 0 aliphatic rings. The predicted molar refractivity (Wildman–Crippen MR) is 114 cm³/mol. The van der Waals surface area contributed by atoms with Crippen molar-refractivity contribution in [1.29, 1.82) is 0 Å². The quantitative estimate of drug-likeness (QED) is 0.235. The van der Waals surface area contributed by atoms with Gasteiger partial charge in [0, 0.05) is 12.4 Å². The highest BCUT2D eigenvalue weighted by molar-refractivity contribution is 14.1. The van der Waals surface area contributed by atoms with E-state index in [0.717, 1.165) is 6.16 Å². The van der Waals surface area contributed by atoms with Gasteiger partial charge in [0.25, 0.3) is 0 Å². The molecule has 0 unspecified atom stereocenters. The number of pyridine rings is 2. The van der Waals surface area contributed by atoms with Gasteiger partial charge in [-0.1, -0.05) is 40.8 Å². The first-order valence-electron chi connectivity index (χ1n) is 8.19. The lowest BCUT2D eigenvalue weighted by atomic mass is 10.4. The van der Waals surface area contributed by atoms with Crippen molar-refractivity contribution in [3.63, 3.8) is 0 Å². The van der Waals surface area contributed by atoms with Crippen LogP contribution >= 0.6 is 29.9 Å². The number of alkyl halides is 1. The normalized spacial score (nSPS) is 11.4. The zero-order valence-corrected chi connectivity index (χ0v) is 16.6. The summed E-state index contributed by atoms with van der Waals surface area (Å²) in [5, 5.41) is 4.11. The minimum atomic E-state index is -1.71. The van der Waals surface area contributed by atoms with Crippen LogP contribution < -0.4 is 15.9 Å². The molecule has 0 bridgehead atoms. The van der Waals surface area contributed by atoms with Crippen molar-refractivity contribution in [2.75, 3.05) is 10.6 Å². The van der Waals surface area contributed by atoms with Crippen molar-refractivity contribution in [2.45, 2.75) is 12.8 Å². The van der Waals surface area contributed by atoms with Crippen LogP contribution in [0.15, 0.2) is 79.4 Å². The van der Waals surface area contributed by atoms with Crippen LogP contribution in [0.5, 0.6) is 0 Å². The lowest BCUT2D eigenvalue weighted by Crippen LogP contribution is -2.33. The number of aromatic nitrogens is 2. The van der Waals surface area contributed by atoms with Gasteiger partial charge in [-0.2, -0.15) is 0 Å². The number of hydrogen-bond acceptors (Lipinski definition) is 2. The molecule has 0 fully saturated rings. The van der Waals surface area contributed by atoms with Crippen LogP contribution in [0.1, 0.15) is 12.8 Å². The van der Waals surface area contributed by atoms with Crippen molar-refractivity contribution in [3.8, 4) is 0 Å². The molecule has 0 atom stereocenters. The van der Waals surface area contributed by atoms with E-state index in [4.69, 9.17) is 0 Å². The lowest BCUT2D eigenvalue weighted by molar-refractivity contribution is 0.913. The van der Waals surface area contributed by atoms with Crippen LogP contribution in [0.3, 0.4) is 0 Å². The third-order valence-corrected chi connectivity index (χ3v) is 9.47. The summed E-state index contributed by atoms with van der Waals surface area (Å²) in [6, 6.07) is 19.5. The largest absolute Gasteiger partial charge is 0.261 e. The molecule has 0 spiro atoms. The summed E-state index contributed by atoms with van der Waals surface area (Å²) in [6.07, 6.45) is 11.5. The fourth-order valence-corrected chi connectivity index (χ4v) is 7.92. The molecule has 2 nitrogen and oxygen atoms in total. The maximum absolute atomic E-state index is 4.44. The molecule has 2 aromatic heterocycles. The molecule has 0 aliphatic carbocycles. The van der Waals surface area contributed by atoms with E-state index in [9.17, 15) is 0 Å². The SMILES string of the molecule is [131I]CCCC[P+](c1ccccc1)(c1cccnc1)c1cccnc1. The average molecular weight is 451 g/mol. The maximum Gasteiger partial charge on any atom is 0.123 e. The Bertz CT molecular complexity index is 639. The molecule has 0 N–H and O–H groups in total. The molecule has 0 radical (unpaired) electrons. The first kappa shape index (κ1) is 17.5. The second-order valence-electron chi connectivity index (χ2n) is 5.69. The Balaban J connectivity index is 2.20. The number of benzene rings is 1. The molecular weight excluding hydrogens is 430 g/mol. The third-order valence-electron chi connectivity index (χ3n) is 4.25. The monoisotopic (exact) mass is 451 g/mol. The maximum atomic E-state index is 4.44. The second-order valence-corrected chi connectivity index (χ2v) is 10.4. The number of rotatable bonds is 7. The summed E-state index contributed by atoms with van der Waals surface area (Å²) < 4.78 is 1.20. The highest BCUT2D eigenvalue weighted by atomic mass is 131. The Labute approximate surface area is 158 Å². The molecule has 3 rings (SSSR count). The van der Waals surface area contributed by atoms with E-state index in [0.29, 0.717) is 0 Å². The van der Waals surface area contributed by atoms with Gasteiger partial charge in [0.15, 0.2) is 0 Å². The van der Waals surface area contributed by atoms with Gasteiger partial charge in [-0.15, -0.1) is 0 Å². The molecule has 1 aromatic carbocycles. The van der Waals surface area contributed by atoms with Gasteiger partial charge in [-0.05, 0) is 53.7 Å². The van der Waals surface area contributed by atoms with Crippen molar-refractivity contribution in [2.24, 2.45) is 0 Å². The van der Waals surface area contributed by atoms with Gasteiger partial charge >= 0.3 is 0 Å². The molecule has 122 valence electrons. The van der Waals surface area contributed by atoms with Gasteiger partial charge in [-0.25, -0.2) is 0 Å². The highest BCUT2D eigenvalue weighted by Gasteiger charge is 2.45. The number of unbranched alkanes of at least 4 members (excludes halogenated alkanes) is 1. The molecule has 24 heavy (non-hydrogen) atoms. The zero-order chi connectivity index (χ0) is 16.7. The summed E-state index contributed by atoms with van der Waals surface area (Å²) in [5.41, 5.74) is 0. The molecule has 4 heteroatoms. The van der Waals surface area contributed by atoms with E-state index in [1.54, 1.807) is 0 Å². The average Bonchev–Trinajstić information content (AvgIpc) is 2.68. The first-order chi connectivity index (χ1) is 11.9. The van der Waals surface area contributed by atoms with Crippen molar-refractivity contribution in [1.82, 2.24) is 9.97 Å². The standard InChI is InChI=1S/C20H21IN2P/c21-12-4-5-15-24(18-8-2-1-3-9-18,19-10-6-13-22-16-19)20-11-7-14-23-17-20/h1-3,6-11,13-14,16-17H,4-5,12,15H2/q+1/i21+4. The second kappa shape index (κ2) is 8.68. The fourth-order valence-electron chi connectivity index (χ4n) is 3.12. The zero-order valence-electron chi connectivity index (χ0n) is 13.6. The summed E-state index contributed by atoms with van der Waals surface area (Å²) in [4.78, 5) is 8.87. The van der Waals surface area contributed by atoms with Gasteiger partial charge in [-0.3, -0.25) is 9.97 Å². The van der Waals surface area contributed by atoms with Crippen LogP contribution in [0.2, 0.25) is 0 Å². The van der Waals surface area contributed by atoms with Crippen LogP contribution in [-0.4, -0.2) is 20.6 Å². The predicted octanol–water partition coefficient (Wildman–Crippen LogP) is 3.99. The molecule has 0 amide bonds. The Kier molecular flexibility index (Phi) is 6.33. The van der Waals surface area contributed by atoms with Crippen molar-refractivity contribution < 1.29 is 0 Å². The van der Waals surface area contributed by atoms with E-state index in [1.165, 1.54) is 33.2 Å². The minimum absolute atomic E-state index is 1.16. The summed E-state index contributed by atoms with van der Waals surface area (Å²) in [6.45, 7) is 0. The van der Waals surface area contributed by atoms with Gasteiger partial charge in [0.1, 0.15) is 23.2 Å². The molecule has 2 heterocycles. The van der Waals surface area contributed by atoms with E-state index in [-0.39, 0.29) is 0 Å². The highest BCUT2D eigenvalue weighted by Crippen LogP contribution is 2.55. The van der Waals surface area contributed by atoms with E-state index in [1.807, 2.05) is 12.4 Å². The molecule has 0 aliphatic heterocycles. The topological polar surface area (TPSA) is 25.8 Å². The van der Waals surface area contributed by atoms with Crippen molar-refractivity contribution in [3.05, 3.63) is 79.4 Å². The molecule has 0 saturated carbocycles. The summed E-state index contributed by atoms with van der Waals surface area (Å²) in [5.74, 6) is 0. The van der Waals surface area contributed by atoms with E-state index < -0.39 is 7.26 Å². The first-order valence-corrected chi connectivity index (χ1v) is 11.7. The Morgan fingerprint density at radius 3 is 1.79 bits per heavy atom. The fraction of sp³-hybridized carbons (Fsp3) is 0.200. The van der Waals surface area contributed by atoms with Crippen LogP contribution in [0, 0.1) is 0 Å². The van der Waals surface area contributed by atoms with Crippen LogP contribution in [0.25, 0.3) is 0 Å². The number of halogens is 1. The Hall–Kier alpha value is -1.32. The van der Waals surface area contributed by atoms with Crippen LogP contribution in [-0.2, 0) is 0 Å². The minimum Gasteiger partial charge on any atom is -0.261 e. The van der Waals surface area contributed by atoms with E-state index in [2.05, 4.69) is 99.5 Å². The Morgan fingerprint density at radius 2 is 1.29 bits per heavy atom. The summed E-state index contributed by atoms with van der Waals surface area (Å²) in [7, 11) is -1.71. The number of nitrogens with zero attached hydrogens (tertiary/aromatic N) is 2. The molecule has 0 saturated heterocycles. The summed E-state index contributed by atoms with van der Waals surface area (Å²) >= 11 is 2.47. The molecular formula is C20H21IN2P+. The van der Waals surface area contributed by atoms with Crippen LogP contribution in [0.4, 0.5) is 0 Å². The van der Waals surface area contributed by atoms with Gasteiger partial charge in [0.2, 0.25) is 0 Å². The van der Waals surface area contributed by atoms with E-state index >= 15 is 0 Å². The van der Waals surface area contributed by atoms with Gasteiger partial charge < -0.3 is 0 Å². The third kappa shape index (κ3) is 3.68. The smallest absolute Gasteiger partial charge is 0.123 e. The number of hydrogen-bond donors (Lipinski definition) is 0. The Morgan fingerprint density at radius 1 is 0.708 bits per heavy atom. The molecule has 3 aromatic rings. The van der Waals surface area contributed by atoms with Gasteiger partial charge in [0.05, 0.1) is 18.6 Å². The lowest BCUT2D eigenvalue weighted by Gasteiger charge is -2.27. The van der Waals surface area contributed by atoms with Crippen molar-refractivity contribution >= 4 is 45.8 Å².